The van der Waals surface area contributed by atoms with Crippen molar-refractivity contribution in [2.45, 2.75) is 13.8 Å². The van der Waals surface area contributed by atoms with Gasteiger partial charge in [0.1, 0.15) is 0 Å². The van der Waals surface area contributed by atoms with E-state index in [1.54, 1.807) is 10.9 Å². The van der Waals surface area contributed by atoms with Crippen molar-refractivity contribution < 1.29 is 0 Å². The molecule has 4 aromatic rings. The molecule has 2 aliphatic rings. The minimum absolute atomic E-state index is 1.07. The largest absolute Gasteiger partial charge is 0.193 e. The minimum Gasteiger partial charge on any atom is -0.0756 e. The maximum Gasteiger partial charge on any atom is 0.193 e. The van der Waals surface area contributed by atoms with Gasteiger partial charge in [0.05, 0.1) is 0 Å². The number of benzene rings is 4. The Morgan fingerprint density at radius 2 is 1.12 bits per heavy atom. The van der Waals surface area contributed by atoms with Crippen LogP contribution in [-0.2, 0) is 0 Å². The maximum absolute atomic E-state index is 2.41. The fourth-order valence-electron chi connectivity index (χ4n) is 4.98. The number of hydrogen-bond donors (Lipinski definition) is 0. The van der Waals surface area contributed by atoms with Crippen molar-refractivity contribution in [1.29, 1.82) is 0 Å². The highest BCUT2D eigenvalue weighted by Gasteiger charge is 2.29. The van der Waals surface area contributed by atoms with E-state index in [-0.39, 0.29) is 0 Å². The summed E-state index contributed by atoms with van der Waals surface area (Å²) in [7, 11) is 2.16. The standard InChI is InChI=1S/C24H18B2/c1-13-3-5-15-11-20-19-8-7-18-17-6-4-14(2)10-21(17)25-23(18)24(19)26-22(20)12-16(15)9-13/h3-12,25-26H,1-2H3. The van der Waals surface area contributed by atoms with Crippen LogP contribution in [0.15, 0.2) is 60.7 Å². The highest BCUT2D eigenvalue weighted by atomic mass is 14.2. The lowest BCUT2D eigenvalue weighted by molar-refractivity contribution is 1.50. The molecule has 0 unspecified atom stereocenters. The molecule has 0 atom stereocenters. The smallest absolute Gasteiger partial charge is 0.0756 e. The summed E-state index contributed by atoms with van der Waals surface area (Å²) in [5, 5.41) is 2.72. The topological polar surface area (TPSA) is 0 Å². The Balaban J connectivity index is 1.56. The molecule has 0 fully saturated rings. The number of aryl methyl sites for hydroxylation is 2. The second-order valence-corrected chi connectivity index (χ2v) is 7.99. The highest BCUT2D eigenvalue weighted by Crippen LogP contribution is 2.28. The van der Waals surface area contributed by atoms with Crippen molar-refractivity contribution >= 4 is 47.2 Å². The average Bonchev–Trinajstić information content (AvgIpc) is 3.16. The zero-order valence-electron chi connectivity index (χ0n) is 15.2. The molecule has 0 aromatic heterocycles. The lowest BCUT2D eigenvalue weighted by Gasteiger charge is -2.09. The zero-order chi connectivity index (χ0) is 17.4. The van der Waals surface area contributed by atoms with Gasteiger partial charge >= 0.3 is 0 Å². The van der Waals surface area contributed by atoms with Gasteiger partial charge in [0.2, 0.25) is 0 Å². The van der Waals surface area contributed by atoms with E-state index in [2.05, 4.69) is 74.5 Å². The van der Waals surface area contributed by atoms with Crippen molar-refractivity contribution in [3.8, 4) is 22.3 Å². The Hall–Kier alpha value is -2.73. The first kappa shape index (κ1) is 14.4. The molecule has 0 saturated carbocycles. The molecule has 2 heterocycles. The molecule has 0 aliphatic carbocycles. The molecule has 120 valence electrons. The van der Waals surface area contributed by atoms with Crippen LogP contribution in [0.2, 0.25) is 0 Å². The van der Waals surface area contributed by atoms with Crippen molar-refractivity contribution in [1.82, 2.24) is 0 Å². The van der Waals surface area contributed by atoms with E-state index in [1.165, 1.54) is 55.1 Å². The number of fused-ring (bicyclic) bond motifs is 8. The molecule has 0 spiro atoms. The quantitative estimate of drug-likeness (QED) is 0.375. The fourth-order valence-corrected chi connectivity index (χ4v) is 4.98. The summed E-state index contributed by atoms with van der Waals surface area (Å²) < 4.78 is 0. The number of rotatable bonds is 0. The van der Waals surface area contributed by atoms with Gasteiger partial charge in [0.25, 0.3) is 0 Å². The summed E-state index contributed by atoms with van der Waals surface area (Å²) >= 11 is 0. The van der Waals surface area contributed by atoms with E-state index in [1.807, 2.05) is 0 Å². The van der Waals surface area contributed by atoms with Gasteiger partial charge in [-0.2, -0.15) is 0 Å². The van der Waals surface area contributed by atoms with Crippen LogP contribution in [0.3, 0.4) is 0 Å². The molecule has 4 aromatic carbocycles. The SMILES string of the molecule is Cc1ccc2c(c1)Bc1c-2ccc2c1Bc1cc3cc(C)ccc3cc1-2. The predicted molar refractivity (Wildman–Crippen MR) is 117 cm³/mol. The Kier molecular flexibility index (Phi) is 2.73. The molecule has 2 heteroatoms. The van der Waals surface area contributed by atoms with Crippen LogP contribution in [-0.4, -0.2) is 14.6 Å². The molecule has 0 radical (unpaired) electrons. The van der Waals surface area contributed by atoms with Crippen LogP contribution < -0.4 is 21.9 Å². The van der Waals surface area contributed by atoms with Gasteiger partial charge in [-0.15, -0.1) is 0 Å². The summed E-state index contributed by atoms with van der Waals surface area (Å²) in [5.41, 5.74) is 14.5. The monoisotopic (exact) mass is 328 g/mol. The van der Waals surface area contributed by atoms with Gasteiger partial charge in [-0.25, -0.2) is 0 Å². The maximum atomic E-state index is 2.41. The molecule has 26 heavy (non-hydrogen) atoms. The second kappa shape index (κ2) is 4.92. The Morgan fingerprint density at radius 1 is 0.500 bits per heavy atom. The van der Waals surface area contributed by atoms with E-state index in [0.717, 1.165) is 14.6 Å². The van der Waals surface area contributed by atoms with Crippen LogP contribution in [0.1, 0.15) is 11.1 Å². The molecular formula is C24H18B2. The molecule has 0 bridgehead atoms. The molecule has 0 N–H and O–H groups in total. The van der Waals surface area contributed by atoms with E-state index >= 15 is 0 Å². The zero-order valence-corrected chi connectivity index (χ0v) is 15.2. The van der Waals surface area contributed by atoms with E-state index in [9.17, 15) is 0 Å². The summed E-state index contributed by atoms with van der Waals surface area (Å²) in [5.74, 6) is 0. The normalized spacial score (nSPS) is 12.8. The molecular weight excluding hydrogens is 310 g/mol. The van der Waals surface area contributed by atoms with E-state index < -0.39 is 0 Å². The van der Waals surface area contributed by atoms with E-state index in [4.69, 9.17) is 0 Å². The van der Waals surface area contributed by atoms with Crippen molar-refractivity contribution in [3.63, 3.8) is 0 Å². The first-order chi connectivity index (χ1) is 12.7. The lowest BCUT2D eigenvalue weighted by Crippen LogP contribution is -2.39. The fraction of sp³-hybridized carbons (Fsp3) is 0.0833. The Bertz CT molecular complexity index is 1250. The van der Waals surface area contributed by atoms with Gasteiger partial charge in [-0.3, -0.25) is 0 Å². The summed E-state index contributed by atoms with van der Waals surface area (Å²) in [6.07, 6.45) is 0. The van der Waals surface area contributed by atoms with Gasteiger partial charge in [-0.05, 0) is 52.9 Å². The van der Waals surface area contributed by atoms with Crippen LogP contribution in [0.25, 0.3) is 33.0 Å². The summed E-state index contributed by atoms with van der Waals surface area (Å²) in [4.78, 5) is 0. The predicted octanol–water partition coefficient (Wildman–Crippen LogP) is 2.19. The van der Waals surface area contributed by atoms with Crippen LogP contribution >= 0.6 is 0 Å². The minimum atomic E-state index is 1.07. The van der Waals surface area contributed by atoms with Crippen molar-refractivity contribution in [2.75, 3.05) is 0 Å². The molecule has 0 saturated heterocycles. The third-order valence-electron chi connectivity index (χ3n) is 6.22. The second-order valence-electron chi connectivity index (χ2n) is 7.99. The molecule has 0 amide bonds. The van der Waals surface area contributed by atoms with Gasteiger partial charge < -0.3 is 0 Å². The molecule has 0 nitrogen and oxygen atoms in total. The van der Waals surface area contributed by atoms with Gasteiger partial charge in [0.15, 0.2) is 14.6 Å². The van der Waals surface area contributed by atoms with E-state index in [0.29, 0.717) is 0 Å². The van der Waals surface area contributed by atoms with Crippen LogP contribution in [0.5, 0.6) is 0 Å². The molecule has 6 rings (SSSR count). The average molecular weight is 328 g/mol. The summed E-state index contributed by atoms with van der Waals surface area (Å²) in [6.45, 7) is 4.37. The Labute approximate surface area is 155 Å². The van der Waals surface area contributed by atoms with Crippen LogP contribution in [0.4, 0.5) is 0 Å². The third-order valence-corrected chi connectivity index (χ3v) is 6.22. The number of hydrogen-bond acceptors (Lipinski definition) is 0. The van der Waals surface area contributed by atoms with Gasteiger partial charge in [-0.1, -0.05) is 87.6 Å². The highest BCUT2D eigenvalue weighted by molar-refractivity contribution is 6.84. The van der Waals surface area contributed by atoms with Crippen LogP contribution in [0, 0.1) is 13.8 Å². The summed E-state index contributed by atoms with van der Waals surface area (Å²) in [6, 6.07) is 23.2. The van der Waals surface area contributed by atoms with Gasteiger partial charge in [0, 0.05) is 0 Å². The Morgan fingerprint density at radius 3 is 1.92 bits per heavy atom. The third kappa shape index (κ3) is 1.88. The first-order valence-electron chi connectivity index (χ1n) is 9.46. The lowest BCUT2D eigenvalue weighted by atomic mass is 9.57. The van der Waals surface area contributed by atoms with Crippen molar-refractivity contribution in [2.24, 2.45) is 0 Å². The molecule has 2 aliphatic heterocycles. The first-order valence-corrected chi connectivity index (χ1v) is 9.46. The van der Waals surface area contributed by atoms with Crippen molar-refractivity contribution in [3.05, 3.63) is 71.8 Å².